The highest BCUT2D eigenvalue weighted by atomic mass is 79.9. The molecular weight excluding hydrogens is 356 g/mol. The molecule has 2 aromatic rings. The first kappa shape index (κ1) is 15.9. The van der Waals surface area contributed by atoms with E-state index in [4.69, 9.17) is 21.1 Å². The van der Waals surface area contributed by atoms with Gasteiger partial charge in [0.1, 0.15) is 10.8 Å². The maximum absolute atomic E-state index is 12.5. The summed E-state index contributed by atoms with van der Waals surface area (Å²) in [6.45, 7) is 0. The Bertz CT molecular complexity index is 671. The van der Waals surface area contributed by atoms with E-state index in [0.29, 0.717) is 22.1 Å². The Kier molecular flexibility index (Phi) is 5.26. The van der Waals surface area contributed by atoms with Crippen LogP contribution in [-0.2, 0) is 6.42 Å². The van der Waals surface area contributed by atoms with E-state index in [9.17, 15) is 4.79 Å². The molecule has 2 rings (SSSR count). The van der Waals surface area contributed by atoms with Crippen LogP contribution in [0.25, 0.3) is 0 Å². The lowest BCUT2D eigenvalue weighted by atomic mass is 10.0. The van der Waals surface area contributed by atoms with Crippen LogP contribution >= 0.6 is 27.5 Å². The third-order valence-corrected chi connectivity index (χ3v) is 3.89. The number of methoxy groups -OCH3 is 2. The quantitative estimate of drug-likeness (QED) is 0.726. The molecule has 5 heteroatoms. The van der Waals surface area contributed by atoms with Gasteiger partial charge < -0.3 is 9.47 Å². The van der Waals surface area contributed by atoms with Gasteiger partial charge in [-0.1, -0.05) is 39.7 Å². The molecule has 0 amide bonds. The Balaban J connectivity index is 2.33. The Morgan fingerprint density at radius 3 is 2.57 bits per heavy atom. The maximum Gasteiger partial charge on any atom is 0.171 e. The average Bonchev–Trinajstić information content (AvgIpc) is 2.46. The van der Waals surface area contributed by atoms with Gasteiger partial charge in [0.05, 0.1) is 19.8 Å². The van der Waals surface area contributed by atoms with Crippen molar-refractivity contribution in [2.45, 2.75) is 6.42 Å². The van der Waals surface area contributed by atoms with Crippen LogP contribution in [0.4, 0.5) is 0 Å². The lowest BCUT2D eigenvalue weighted by Crippen LogP contribution is -2.06. The van der Waals surface area contributed by atoms with Crippen LogP contribution in [0, 0.1) is 0 Å². The predicted octanol–water partition coefficient (Wildman–Crippen LogP) is 4.55. The number of carbonyl (C=O) groups excluding carboxylic acids is 1. The van der Waals surface area contributed by atoms with Gasteiger partial charge in [0, 0.05) is 10.9 Å². The molecule has 2 aromatic carbocycles. The molecule has 0 aliphatic carbocycles. The van der Waals surface area contributed by atoms with Crippen LogP contribution in [0.3, 0.4) is 0 Å². The van der Waals surface area contributed by atoms with Crippen LogP contribution in [0.1, 0.15) is 15.9 Å². The predicted molar refractivity (Wildman–Crippen MR) is 86.7 cm³/mol. The Morgan fingerprint density at radius 1 is 1.19 bits per heavy atom. The molecule has 0 aromatic heterocycles. The summed E-state index contributed by atoms with van der Waals surface area (Å²) >= 11 is 9.57. The first-order valence-electron chi connectivity index (χ1n) is 6.25. The summed E-state index contributed by atoms with van der Waals surface area (Å²) in [7, 11) is 3.00. The van der Waals surface area contributed by atoms with E-state index in [1.165, 1.54) is 14.2 Å². The van der Waals surface area contributed by atoms with E-state index >= 15 is 0 Å². The Hall–Kier alpha value is -1.52. The molecule has 3 nitrogen and oxygen atoms in total. The zero-order chi connectivity index (χ0) is 15.4. The maximum atomic E-state index is 12.5. The second-order valence-electron chi connectivity index (χ2n) is 4.39. The summed E-state index contributed by atoms with van der Waals surface area (Å²) in [5.41, 5.74) is 1.37. The number of Topliss-reactive ketones (excluding diaryl/α,β-unsaturated/α-hetero) is 1. The minimum atomic E-state index is -0.0606. The Labute approximate surface area is 137 Å². The van der Waals surface area contributed by atoms with Crippen molar-refractivity contribution in [2.24, 2.45) is 0 Å². The number of rotatable bonds is 5. The van der Waals surface area contributed by atoms with E-state index in [1.54, 1.807) is 12.1 Å². The molecule has 0 fully saturated rings. The van der Waals surface area contributed by atoms with Gasteiger partial charge in [0.25, 0.3) is 0 Å². The number of halogens is 2. The third kappa shape index (κ3) is 3.57. The molecule has 0 aliphatic rings. The molecule has 0 saturated carbocycles. The molecule has 0 aliphatic heterocycles. The van der Waals surface area contributed by atoms with E-state index in [-0.39, 0.29) is 12.2 Å². The minimum absolute atomic E-state index is 0.0606. The zero-order valence-corrected chi connectivity index (χ0v) is 14.0. The molecule has 0 spiro atoms. The number of benzene rings is 2. The first-order chi connectivity index (χ1) is 10.1. The van der Waals surface area contributed by atoms with Gasteiger partial charge >= 0.3 is 0 Å². The van der Waals surface area contributed by atoms with Crippen molar-refractivity contribution in [3.8, 4) is 11.5 Å². The third-order valence-electron chi connectivity index (χ3n) is 3.04. The monoisotopic (exact) mass is 368 g/mol. The zero-order valence-electron chi connectivity index (χ0n) is 11.7. The fourth-order valence-corrected chi connectivity index (χ4v) is 2.81. The molecular formula is C16H14BrClO3. The smallest absolute Gasteiger partial charge is 0.171 e. The molecule has 0 atom stereocenters. The van der Waals surface area contributed by atoms with Crippen LogP contribution in [-0.4, -0.2) is 20.0 Å². The van der Waals surface area contributed by atoms with E-state index in [2.05, 4.69) is 15.9 Å². The van der Waals surface area contributed by atoms with Crippen LogP contribution in [0.5, 0.6) is 11.5 Å². The SMILES string of the molecule is COc1ccc(C(=O)Cc2cccc(Br)c2)c(OC)c1Cl. The number of carbonyl (C=O) groups is 1. The molecule has 0 N–H and O–H groups in total. The summed E-state index contributed by atoms with van der Waals surface area (Å²) in [6, 6.07) is 11.0. The molecule has 21 heavy (non-hydrogen) atoms. The second-order valence-corrected chi connectivity index (χ2v) is 5.69. The average molecular weight is 370 g/mol. The topological polar surface area (TPSA) is 35.5 Å². The second kappa shape index (κ2) is 6.96. The van der Waals surface area contributed by atoms with Crippen molar-refractivity contribution >= 4 is 33.3 Å². The number of ether oxygens (including phenoxy) is 2. The highest BCUT2D eigenvalue weighted by Gasteiger charge is 2.18. The summed E-state index contributed by atoms with van der Waals surface area (Å²) in [5, 5.41) is 0.306. The highest BCUT2D eigenvalue weighted by Crippen LogP contribution is 2.37. The normalized spacial score (nSPS) is 10.3. The van der Waals surface area contributed by atoms with Crippen molar-refractivity contribution in [3.05, 3.63) is 57.0 Å². The highest BCUT2D eigenvalue weighted by molar-refractivity contribution is 9.10. The van der Waals surface area contributed by atoms with Gasteiger partial charge in [-0.25, -0.2) is 0 Å². The molecule has 110 valence electrons. The van der Waals surface area contributed by atoms with Gasteiger partial charge in [-0.3, -0.25) is 4.79 Å². The van der Waals surface area contributed by atoms with Gasteiger partial charge in [-0.05, 0) is 29.8 Å². The van der Waals surface area contributed by atoms with Crippen molar-refractivity contribution in [2.75, 3.05) is 14.2 Å². The number of hydrogen-bond acceptors (Lipinski definition) is 3. The van der Waals surface area contributed by atoms with Gasteiger partial charge in [-0.15, -0.1) is 0 Å². The summed E-state index contributed by atoms with van der Waals surface area (Å²) in [5.74, 6) is 0.762. The van der Waals surface area contributed by atoms with Crippen molar-refractivity contribution in [3.63, 3.8) is 0 Å². The van der Waals surface area contributed by atoms with Crippen molar-refractivity contribution in [1.82, 2.24) is 0 Å². The molecule has 0 radical (unpaired) electrons. The van der Waals surface area contributed by atoms with Crippen molar-refractivity contribution < 1.29 is 14.3 Å². The van der Waals surface area contributed by atoms with Crippen LogP contribution in [0.2, 0.25) is 5.02 Å². The van der Waals surface area contributed by atoms with Crippen LogP contribution in [0.15, 0.2) is 40.9 Å². The van der Waals surface area contributed by atoms with E-state index in [1.807, 2.05) is 24.3 Å². The van der Waals surface area contributed by atoms with Crippen LogP contribution < -0.4 is 9.47 Å². The van der Waals surface area contributed by atoms with Crippen molar-refractivity contribution in [1.29, 1.82) is 0 Å². The summed E-state index contributed by atoms with van der Waals surface area (Å²) in [6.07, 6.45) is 0.276. The minimum Gasteiger partial charge on any atom is -0.495 e. The van der Waals surface area contributed by atoms with E-state index in [0.717, 1.165) is 10.0 Å². The summed E-state index contributed by atoms with van der Waals surface area (Å²) in [4.78, 5) is 12.5. The lowest BCUT2D eigenvalue weighted by molar-refractivity contribution is 0.0990. The number of ketones is 1. The van der Waals surface area contributed by atoms with Gasteiger partial charge in [0.15, 0.2) is 11.5 Å². The van der Waals surface area contributed by atoms with Gasteiger partial charge in [0.2, 0.25) is 0 Å². The molecule has 0 heterocycles. The molecule has 0 saturated heterocycles. The standard InChI is InChI=1S/C16H14BrClO3/c1-20-14-7-6-12(16(21-2)15(14)18)13(19)9-10-4-3-5-11(17)8-10/h3-8H,9H2,1-2H3. The largest absolute Gasteiger partial charge is 0.495 e. The van der Waals surface area contributed by atoms with E-state index < -0.39 is 0 Å². The van der Waals surface area contributed by atoms with Gasteiger partial charge in [-0.2, -0.15) is 0 Å². The first-order valence-corrected chi connectivity index (χ1v) is 7.42. The molecule has 0 unspecified atom stereocenters. The fraction of sp³-hybridized carbons (Fsp3) is 0.188. The lowest BCUT2D eigenvalue weighted by Gasteiger charge is -2.12. The summed E-state index contributed by atoms with van der Waals surface area (Å²) < 4.78 is 11.3. The fourth-order valence-electron chi connectivity index (χ4n) is 2.04. The Morgan fingerprint density at radius 2 is 1.95 bits per heavy atom. The molecule has 0 bridgehead atoms. The number of hydrogen-bond donors (Lipinski definition) is 0.